The lowest BCUT2D eigenvalue weighted by Crippen LogP contribution is -2.31. The molecule has 0 spiro atoms. The van der Waals surface area contributed by atoms with Gasteiger partial charge in [0, 0.05) is 17.1 Å². The molecule has 5 nitrogen and oxygen atoms in total. The van der Waals surface area contributed by atoms with Gasteiger partial charge in [0.05, 0.1) is 11.8 Å². The Bertz CT molecular complexity index is 912. The Morgan fingerprint density at radius 1 is 1.14 bits per heavy atom. The van der Waals surface area contributed by atoms with Crippen molar-refractivity contribution in [3.63, 3.8) is 0 Å². The minimum absolute atomic E-state index is 0.00848. The number of nitrogens with zero attached hydrogens (tertiary/aromatic N) is 3. The third-order valence-electron chi connectivity index (χ3n) is 4.20. The van der Waals surface area contributed by atoms with Gasteiger partial charge in [0.15, 0.2) is 11.0 Å². The molecule has 1 aromatic heterocycles. The highest BCUT2D eigenvalue weighted by molar-refractivity contribution is 8.00. The molecule has 146 valence electrons. The van der Waals surface area contributed by atoms with Crippen LogP contribution in [-0.2, 0) is 11.3 Å². The molecule has 0 fully saturated rings. The van der Waals surface area contributed by atoms with Crippen LogP contribution in [0.25, 0.3) is 11.4 Å². The molecule has 0 saturated carbocycles. The second-order valence-corrected chi connectivity index (χ2v) is 8.18. The van der Waals surface area contributed by atoms with Crippen LogP contribution >= 0.6 is 23.4 Å². The van der Waals surface area contributed by atoms with Crippen molar-refractivity contribution in [2.75, 3.05) is 6.54 Å². The standard InChI is InChI=1S/C21H23ClN4OS/c1-3-13-23-20(27)15(2)28-21-25-24-19(17-9-11-18(22)12-10-17)26(21)14-16-7-5-4-6-8-16/h4-12,15H,3,13-14H2,1-2H3,(H,23,27)/t15-/m0/s1. The first-order valence-electron chi connectivity index (χ1n) is 9.26. The van der Waals surface area contributed by atoms with Crippen LogP contribution in [0, 0.1) is 0 Å². The zero-order valence-corrected chi connectivity index (χ0v) is 17.5. The van der Waals surface area contributed by atoms with Gasteiger partial charge < -0.3 is 5.32 Å². The van der Waals surface area contributed by atoms with Crippen molar-refractivity contribution in [2.24, 2.45) is 0 Å². The van der Waals surface area contributed by atoms with E-state index in [1.165, 1.54) is 11.8 Å². The van der Waals surface area contributed by atoms with E-state index in [2.05, 4.69) is 27.6 Å². The molecular weight excluding hydrogens is 392 g/mol. The van der Waals surface area contributed by atoms with Crippen molar-refractivity contribution in [2.45, 2.75) is 37.2 Å². The largest absolute Gasteiger partial charge is 0.355 e. The van der Waals surface area contributed by atoms with E-state index in [0.29, 0.717) is 23.3 Å². The van der Waals surface area contributed by atoms with Gasteiger partial charge in [-0.2, -0.15) is 0 Å². The number of benzene rings is 2. The van der Waals surface area contributed by atoms with E-state index >= 15 is 0 Å². The lowest BCUT2D eigenvalue weighted by atomic mass is 10.2. The second-order valence-electron chi connectivity index (χ2n) is 6.44. The van der Waals surface area contributed by atoms with Crippen LogP contribution in [0.2, 0.25) is 5.02 Å². The highest BCUT2D eigenvalue weighted by Crippen LogP contribution is 2.28. The number of halogens is 1. The van der Waals surface area contributed by atoms with Crippen LogP contribution in [0.15, 0.2) is 59.8 Å². The fourth-order valence-corrected chi connectivity index (χ4v) is 3.70. The molecule has 2 aromatic carbocycles. The van der Waals surface area contributed by atoms with Crippen LogP contribution in [-0.4, -0.2) is 32.5 Å². The lowest BCUT2D eigenvalue weighted by molar-refractivity contribution is -0.120. The minimum atomic E-state index is -0.261. The molecule has 1 N–H and O–H groups in total. The number of carbonyl (C=O) groups excluding carboxylic acids is 1. The van der Waals surface area contributed by atoms with Gasteiger partial charge >= 0.3 is 0 Å². The molecule has 28 heavy (non-hydrogen) atoms. The molecule has 1 heterocycles. The third-order valence-corrected chi connectivity index (χ3v) is 5.54. The summed E-state index contributed by atoms with van der Waals surface area (Å²) in [7, 11) is 0. The van der Waals surface area contributed by atoms with E-state index < -0.39 is 0 Å². The molecule has 3 aromatic rings. The van der Waals surface area contributed by atoms with Gasteiger partial charge in [-0.15, -0.1) is 10.2 Å². The summed E-state index contributed by atoms with van der Waals surface area (Å²) in [5, 5.41) is 12.8. The van der Waals surface area contributed by atoms with Gasteiger partial charge in [-0.1, -0.05) is 60.6 Å². The average Bonchev–Trinajstić information content (AvgIpc) is 3.09. The Hall–Kier alpha value is -2.31. The summed E-state index contributed by atoms with van der Waals surface area (Å²) in [5.41, 5.74) is 2.07. The Balaban J connectivity index is 1.91. The zero-order chi connectivity index (χ0) is 19.9. The fraction of sp³-hybridized carbons (Fsp3) is 0.286. The molecular formula is C21H23ClN4OS. The Morgan fingerprint density at radius 3 is 2.54 bits per heavy atom. The number of nitrogens with one attached hydrogen (secondary N) is 1. The van der Waals surface area contributed by atoms with Gasteiger partial charge in [-0.3, -0.25) is 9.36 Å². The molecule has 0 aliphatic carbocycles. The number of aromatic nitrogens is 3. The maximum absolute atomic E-state index is 12.3. The van der Waals surface area contributed by atoms with Gasteiger partial charge in [0.1, 0.15) is 0 Å². The molecule has 0 aliphatic rings. The van der Waals surface area contributed by atoms with Crippen molar-refractivity contribution in [1.29, 1.82) is 0 Å². The number of amides is 1. The Morgan fingerprint density at radius 2 is 1.86 bits per heavy atom. The SMILES string of the molecule is CCCNC(=O)[C@H](C)Sc1nnc(-c2ccc(Cl)cc2)n1Cc1ccccc1. The van der Waals surface area contributed by atoms with E-state index in [4.69, 9.17) is 11.6 Å². The second kappa shape index (κ2) is 9.75. The van der Waals surface area contributed by atoms with Crippen molar-refractivity contribution >= 4 is 29.3 Å². The van der Waals surface area contributed by atoms with Crippen molar-refractivity contribution in [3.05, 3.63) is 65.2 Å². The molecule has 1 atom stereocenters. The first kappa shape index (κ1) is 20.4. The van der Waals surface area contributed by atoms with Crippen molar-refractivity contribution in [3.8, 4) is 11.4 Å². The zero-order valence-electron chi connectivity index (χ0n) is 15.9. The van der Waals surface area contributed by atoms with Crippen LogP contribution in [0.4, 0.5) is 0 Å². The monoisotopic (exact) mass is 414 g/mol. The maximum atomic E-state index is 12.3. The van der Waals surface area contributed by atoms with Crippen LogP contribution in [0.3, 0.4) is 0 Å². The van der Waals surface area contributed by atoms with E-state index in [0.717, 1.165) is 23.4 Å². The predicted molar refractivity (Wildman–Crippen MR) is 115 cm³/mol. The van der Waals surface area contributed by atoms with Crippen LogP contribution in [0.1, 0.15) is 25.8 Å². The topological polar surface area (TPSA) is 59.8 Å². The molecule has 0 unspecified atom stereocenters. The predicted octanol–water partition coefficient (Wildman–Crippen LogP) is 4.65. The van der Waals surface area contributed by atoms with E-state index in [9.17, 15) is 4.79 Å². The summed E-state index contributed by atoms with van der Waals surface area (Å²) in [6.45, 7) is 5.22. The maximum Gasteiger partial charge on any atom is 0.233 e. The Kier molecular flexibility index (Phi) is 7.12. The van der Waals surface area contributed by atoms with E-state index in [1.54, 1.807) is 0 Å². The molecule has 7 heteroatoms. The summed E-state index contributed by atoms with van der Waals surface area (Å²) >= 11 is 7.45. The summed E-state index contributed by atoms with van der Waals surface area (Å²) in [5.74, 6) is 0.762. The number of carbonyl (C=O) groups is 1. The minimum Gasteiger partial charge on any atom is -0.355 e. The van der Waals surface area contributed by atoms with Crippen LogP contribution < -0.4 is 5.32 Å². The normalized spacial score (nSPS) is 12.0. The number of hydrogen-bond donors (Lipinski definition) is 1. The summed E-state index contributed by atoms with van der Waals surface area (Å²) < 4.78 is 2.05. The molecule has 0 aliphatic heterocycles. The van der Waals surface area contributed by atoms with Gasteiger partial charge in [0.2, 0.25) is 5.91 Å². The van der Waals surface area contributed by atoms with E-state index in [-0.39, 0.29) is 11.2 Å². The van der Waals surface area contributed by atoms with Gasteiger partial charge in [0.25, 0.3) is 0 Å². The quantitative estimate of drug-likeness (QED) is 0.545. The molecule has 1 amide bonds. The molecule has 0 bridgehead atoms. The lowest BCUT2D eigenvalue weighted by Gasteiger charge is -2.14. The highest BCUT2D eigenvalue weighted by atomic mass is 35.5. The number of thioether (sulfide) groups is 1. The third kappa shape index (κ3) is 5.14. The first-order valence-corrected chi connectivity index (χ1v) is 10.5. The summed E-state index contributed by atoms with van der Waals surface area (Å²) in [6.07, 6.45) is 0.911. The van der Waals surface area contributed by atoms with Gasteiger partial charge in [-0.05, 0) is 43.2 Å². The van der Waals surface area contributed by atoms with Crippen LogP contribution in [0.5, 0.6) is 0 Å². The Labute approximate surface area is 174 Å². The first-order chi connectivity index (χ1) is 13.6. The number of rotatable bonds is 8. The highest BCUT2D eigenvalue weighted by Gasteiger charge is 2.20. The van der Waals surface area contributed by atoms with Crippen molar-refractivity contribution < 1.29 is 4.79 Å². The van der Waals surface area contributed by atoms with Crippen molar-refractivity contribution in [1.82, 2.24) is 20.1 Å². The number of hydrogen-bond acceptors (Lipinski definition) is 4. The summed E-state index contributed by atoms with van der Waals surface area (Å²) in [4.78, 5) is 12.3. The molecule has 0 saturated heterocycles. The van der Waals surface area contributed by atoms with Gasteiger partial charge in [-0.25, -0.2) is 0 Å². The average molecular weight is 415 g/mol. The summed E-state index contributed by atoms with van der Waals surface area (Å²) in [6, 6.07) is 17.7. The van der Waals surface area contributed by atoms with E-state index in [1.807, 2.05) is 60.9 Å². The smallest absolute Gasteiger partial charge is 0.233 e. The molecule has 0 radical (unpaired) electrons. The fourth-order valence-electron chi connectivity index (χ4n) is 2.70. The molecule has 3 rings (SSSR count).